The molecule has 0 aromatic rings. The van der Waals surface area contributed by atoms with Crippen LogP contribution >= 0.6 is 0 Å². The number of rotatable bonds is 1. The molecule has 3 aliphatic rings. The van der Waals surface area contributed by atoms with Crippen LogP contribution in [0.15, 0.2) is 23.2 Å². The van der Waals surface area contributed by atoms with Crippen molar-refractivity contribution >= 4 is 11.8 Å². The van der Waals surface area contributed by atoms with Crippen molar-refractivity contribution in [1.29, 1.82) is 0 Å². The molecule has 1 atom stereocenters. The van der Waals surface area contributed by atoms with Crippen LogP contribution in [0.5, 0.6) is 0 Å². The molecule has 0 fully saturated rings. The van der Waals surface area contributed by atoms with E-state index in [1.165, 1.54) is 5.01 Å². The number of hydrogen-bond acceptors (Lipinski definition) is 4. The molecular formula is C10H12N4O2. The van der Waals surface area contributed by atoms with Gasteiger partial charge in [0.15, 0.2) is 0 Å². The minimum absolute atomic E-state index is 0.135. The maximum atomic E-state index is 12.1. The Labute approximate surface area is 93.8 Å². The van der Waals surface area contributed by atoms with Gasteiger partial charge in [0.05, 0.1) is 12.1 Å². The number of nitrogens with one attached hydrogen (secondary N) is 3. The van der Waals surface area contributed by atoms with Gasteiger partial charge in [0, 0.05) is 6.04 Å². The van der Waals surface area contributed by atoms with Gasteiger partial charge in [-0.15, -0.1) is 0 Å². The molecule has 0 aliphatic carbocycles. The lowest BCUT2D eigenvalue weighted by molar-refractivity contribution is -0.128. The number of amides is 2. The maximum Gasteiger partial charge on any atom is 0.274 e. The van der Waals surface area contributed by atoms with E-state index < -0.39 is 0 Å². The third-order valence-electron chi connectivity index (χ3n) is 2.92. The molecule has 0 saturated carbocycles. The molecule has 16 heavy (non-hydrogen) atoms. The van der Waals surface area contributed by atoms with E-state index in [0.717, 1.165) is 11.8 Å². The number of carbonyl (C=O) groups is 2. The molecule has 84 valence electrons. The van der Waals surface area contributed by atoms with Crippen molar-refractivity contribution in [3.63, 3.8) is 0 Å². The second-order valence-corrected chi connectivity index (χ2v) is 3.92. The van der Waals surface area contributed by atoms with Crippen molar-refractivity contribution in [3.8, 4) is 0 Å². The highest BCUT2D eigenvalue weighted by atomic mass is 16.2. The standard InChI is InChI=1S/C10H12N4O2/c1-2-5-3-7-12-8-6(4-11-9(8)15)10(16)14(7)13-5/h3,5,12-13H,2,4H2,1H3,(H,11,15)/i/hD. The Morgan fingerprint density at radius 3 is 3.19 bits per heavy atom. The van der Waals surface area contributed by atoms with E-state index in [2.05, 4.69) is 10.6 Å². The van der Waals surface area contributed by atoms with Gasteiger partial charge in [-0.05, 0) is 12.5 Å². The average Bonchev–Trinajstić information content (AvgIpc) is 2.82. The molecule has 0 radical (unpaired) electrons. The summed E-state index contributed by atoms with van der Waals surface area (Å²) in [6, 6.07) is -0.135. The number of fused-ring (bicyclic) bond motifs is 1. The fourth-order valence-corrected chi connectivity index (χ4v) is 2.01. The van der Waals surface area contributed by atoms with Crippen LogP contribution in [-0.4, -0.2) is 29.4 Å². The summed E-state index contributed by atoms with van der Waals surface area (Å²) in [6.45, 7) is 2.18. The van der Waals surface area contributed by atoms with Crippen LogP contribution in [-0.2, 0) is 9.59 Å². The van der Waals surface area contributed by atoms with Crippen LogP contribution in [0.25, 0.3) is 0 Å². The SMILES string of the molecule is [2H]N1C(CC)C=C2NC3=C(CNC3=O)C(=O)N21. The lowest BCUT2D eigenvalue weighted by Crippen LogP contribution is -2.48. The quantitative estimate of drug-likeness (QED) is 0.528. The summed E-state index contributed by atoms with van der Waals surface area (Å²) >= 11 is 0. The van der Waals surface area contributed by atoms with Gasteiger partial charge in [0.1, 0.15) is 12.9 Å². The molecule has 3 N–H and O–H groups in total. The predicted molar refractivity (Wildman–Crippen MR) is 55.3 cm³/mol. The highest BCUT2D eigenvalue weighted by Crippen LogP contribution is 2.24. The van der Waals surface area contributed by atoms with Gasteiger partial charge in [-0.1, -0.05) is 6.92 Å². The van der Waals surface area contributed by atoms with Crippen molar-refractivity contribution in [3.05, 3.63) is 23.2 Å². The summed E-state index contributed by atoms with van der Waals surface area (Å²) in [5.41, 5.74) is 1.88. The Morgan fingerprint density at radius 2 is 2.44 bits per heavy atom. The van der Waals surface area contributed by atoms with Gasteiger partial charge in [0.2, 0.25) is 0 Å². The Balaban J connectivity index is 2.01. The first-order valence-electron chi connectivity index (χ1n) is 5.71. The molecule has 3 rings (SSSR count). The van der Waals surface area contributed by atoms with E-state index in [1.54, 1.807) is 6.08 Å². The Morgan fingerprint density at radius 1 is 1.62 bits per heavy atom. The summed E-state index contributed by atoms with van der Waals surface area (Å²) in [4.78, 5) is 23.6. The van der Waals surface area contributed by atoms with Gasteiger partial charge >= 0.3 is 0 Å². The summed E-state index contributed by atoms with van der Waals surface area (Å²) in [7, 11) is 0. The van der Waals surface area contributed by atoms with E-state index in [-0.39, 0.29) is 24.4 Å². The van der Waals surface area contributed by atoms with Gasteiger partial charge < -0.3 is 10.6 Å². The molecule has 3 aliphatic heterocycles. The fraction of sp³-hybridized carbons (Fsp3) is 0.400. The second kappa shape index (κ2) is 3.08. The smallest absolute Gasteiger partial charge is 0.274 e. The zero-order chi connectivity index (χ0) is 12.2. The first-order chi connectivity index (χ1) is 8.13. The summed E-state index contributed by atoms with van der Waals surface area (Å²) in [5, 5.41) is 6.79. The third-order valence-corrected chi connectivity index (χ3v) is 2.92. The fourth-order valence-electron chi connectivity index (χ4n) is 2.01. The van der Waals surface area contributed by atoms with E-state index in [9.17, 15) is 9.59 Å². The minimum atomic E-state index is -0.297. The van der Waals surface area contributed by atoms with E-state index in [4.69, 9.17) is 1.41 Å². The Kier molecular flexibility index (Phi) is 1.61. The van der Waals surface area contributed by atoms with E-state index in [1.807, 2.05) is 6.92 Å². The second-order valence-electron chi connectivity index (χ2n) is 3.92. The molecule has 0 aromatic heterocycles. The zero-order valence-electron chi connectivity index (χ0n) is 9.78. The van der Waals surface area contributed by atoms with E-state index >= 15 is 0 Å². The van der Waals surface area contributed by atoms with Crippen molar-refractivity contribution in [2.45, 2.75) is 19.4 Å². The zero-order valence-corrected chi connectivity index (χ0v) is 8.78. The largest absolute Gasteiger partial charge is 0.346 e. The molecule has 6 heteroatoms. The average molecular weight is 221 g/mol. The number of hydrogen-bond donors (Lipinski definition) is 3. The lowest BCUT2D eigenvalue weighted by atomic mass is 10.2. The minimum Gasteiger partial charge on any atom is -0.346 e. The molecule has 0 saturated heterocycles. The van der Waals surface area contributed by atoms with Gasteiger partial charge in [-0.3, -0.25) is 9.59 Å². The van der Waals surface area contributed by atoms with Crippen molar-refractivity contribution < 1.29 is 11.0 Å². The lowest BCUT2D eigenvalue weighted by Gasteiger charge is -2.26. The van der Waals surface area contributed by atoms with Crippen LogP contribution in [0.3, 0.4) is 0 Å². The normalized spacial score (nSPS) is 29.6. The summed E-state index contributed by atoms with van der Waals surface area (Å²) in [6.07, 6.45) is 2.52. The summed E-state index contributed by atoms with van der Waals surface area (Å²) < 4.78 is 7.86. The number of nitrogens with zero attached hydrogens (tertiary/aromatic N) is 1. The molecular weight excluding hydrogens is 208 g/mol. The summed E-state index contributed by atoms with van der Waals surface area (Å²) in [5.74, 6) is -0.0488. The highest BCUT2D eigenvalue weighted by Gasteiger charge is 2.40. The molecule has 0 spiro atoms. The first-order valence-corrected chi connectivity index (χ1v) is 5.26. The topological polar surface area (TPSA) is 73.5 Å². The third kappa shape index (κ3) is 1.10. The molecule has 1 unspecified atom stereocenters. The maximum absolute atomic E-state index is 12.1. The van der Waals surface area contributed by atoms with Gasteiger partial charge in [-0.25, -0.2) is 10.4 Å². The van der Waals surface area contributed by atoms with Crippen molar-refractivity contribution in [2.75, 3.05) is 6.54 Å². The van der Waals surface area contributed by atoms with Crippen molar-refractivity contribution in [2.24, 2.45) is 0 Å². The van der Waals surface area contributed by atoms with Crippen LogP contribution in [0.2, 0.25) is 1.41 Å². The molecule has 2 amide bonds. The monoisotopic (exact) mass is 221 g/mol. The van der Waals surface area contributed by atoms with Crippen LogP contribution in [0.4, 0.5) is 0 Å². The van der Waals surface area contributed by atoms with E-state index in [0.29, 0.717) is 17.1 Å². The Bertz CT molecular complexity index is 485. The number of hydrazine groups is 1. The predicted octanol–water partition coefficient (Wildman–Crippen LogP) is -1.06. The molecule has 0 bridgehead atoms. The molecule has 6 nitrogen and oxygen atoms in total. The Hall–Kier alpha value is -1.82. The van der Waals surface area contributed by atoms with Crippen LogP contribution in [0, 0.1) is 0 Å². The van der Waals surface area contributed by atoms with Gasteiger partial charge in [0.25, 0.3) is 11.8 Å². The highest BCUT2D eigenvalue weighted by molar-refractivity contribution is 6.10. The number of carbonyl (C=O) groups excluding carboxylic acids is 2. The van der Waals surface area contributed by atoms with Crippen LogP contribution < -0.4 is 16.1 Å². The first kappa shape index (κ1) is 8.35. The molecule has 0 aromatic carbocycles. The van der Waals surface area contributed by atoms with Gasteiger partial charge in [-0.2, -0.15) is 0 Å². The van der Waals surface area contributed by atoms with Crippen LogP contribution in [0.1, 0.15) is 13.3 Å². The van der Waals surface area contributed by atoms with Crippen molar-refractivity contribution in [1.82, 2.24) is 21.1 Å². The molecule has 3 heterocycles.